The van der Waals surface area contributed by atoms with Gasteiger partial charge in [-0.2, -0.15) is 31.4 Å². The predicted molar refractivity (Wildman–Crippen MR) is 117 cm³/mol. The van der Waals surface area contributed by atoms with Gasteiger partial charge in [0.1, 0.15) is 17.7 Å². The van der Waals surface area contributed by atoms with E-state index >= 15 is 0 Å². The second kappa shape index (κ2) is 12.9. The Kier molecular flexibility index (Phi) is 10.5. The number of piperazine rings is 1. The number of nitrogens with zero attached hydrogens (tertiary/aromatic N) is 4. The molecule has 1 aromatic heterocycles. The first-order chi connectivity index (χ1) is 17.5. The first-order valence-electron chi connectivity index (χ1n) is 11.0. The van der Waals surface area contributed by atoms with Gasteiger partial charge in [-0.3, -0.25) is 14.5 Å². The number of aromatic nitrogens is 2. The molecule has 2 aliphatic rings. The molecule has 0 spiro atoms. The average Bonchev–Trinajstić information content (AvgIpc) is 3.38. The Bertz CT molecular complexity index is 1050. The second-order valence-electron chi connectivity index (χ2n) is 8.44. The van der Waals surface area contributed by atoms with E-state index in [-0.39, 0.29) is 11.9 Å². The number of halogens is 7. The third-order valence-electron chi connectivity index (χ3n) is 5.41. The van der Waals surface area contributed by atoms with Gasteiger partial charge in [0.15, 0.2) is 0 Å². The molecule has 2 N–H and O–H groups in total. The fraction of sp³-hybridized carbons (Fsp3) is 0.500. The standard InChI is InChI=1S/C18H23FN4O.2C2HF3O2/c1-21-10-14(9-20-21)11-22-5-6-23-13-18(8-16(23)12-22)24-17-4-2-3-15(19)7-17;2*3-2(4,5)1(6)7/h2-4,7,9-10,16,18H,5-6,8,11-13H2,1H3;2*(H,6,7). The molecule has 2 saturated heterocycles. The van der Waals surface area contributed by atoms with Crippen LogP contribution in [0.25, 0.3) is 0 Å². The first kappa shape index (κ1) is 30.8. The number of fused-ring (bicyclic) bond motifs is 1. The largest absolute Gasteiger partial charge is 0.490 e. The Morgan fingerprint density at radius 3 is 2.16 bits per heavy atom. The maximum absolute atomic E-state index is 13.3. The van der Waals surface area contributed by atoms with Crippen LogP contribution in [0.4, 0.5) is 30.7 Å². The molecule has 0 aliphatic carbocycles. The summed E-state index contributed by atoms with van der Waals surface area (Å²) in [7, 11) is 1.95. The fourth-order valence-electron chi connectivity index (χ4n) is 3.83. The van der Waals surface area contributed by atoms with Crippen LogP contribution in [-0.4, -0.2) is 92.4 Å². The maximum Gasteiger partial charge on any atom is 0.490 e. The molecule has 16 heteroatoms. The number of ether oxygens (including phenoxy) is 1. The van der Waals surface area contributed by atoms with Gasteiger partial charge in [0.05, 0.1) is 6.20 Å². The summed E-state index contributed by atoms with van der Waals surface area (Å²) in [6.45, 7) is 5.07. The van der Waals surface area contributed by atoms with Crippen molar-refractivity contribution in [3.63, 3.8) is 0 Å². The molecule has 2 unspecified atom stereocenters. The van der Waals surface area contributed by atoms with Crippen molar-refractivity contribution in [2.45, 2.75) is 37.5 Å². The van der Waals surface area contributed by atoms with Gasteiger partial charge in [-0.05, 0) is 12.1 Å². The van der Waals surface area contributed by atoms with Crippen molar-refractivity contribution >= 4 is 11.9 Å². The molecule has 0 radical (unpaired) electrons. The van der Waals surface area contributed by atoms with Crippen LogP contribution >= 0.6 is 0 Å². The Balaban J connectivity index is 0.000000301. The molecule has 4 rings (SSSR count). The Morgan fingerprint density at radius 1 is 1.05 bits per heavy atom. The molecular formula is C22H25F7N4O5. The van der Waals surface area contributed by atoms with E-state index in [4.69, 9.17) is 24.5 Å². The monoisotopic (exact) mass is 558 g/mol. The molecule has 3 heterocycles. The van der Waals surface area contributed by atoms with E-state index in [1.807, 2.05) is 24.0 Å². The van der Waals surface area contributed by atoms with E-state index in [0.29, 0.717) is 11.8 Å². The number of carbonyl (C=O) groups is 2. The lowest BCUT2D eigenvalue weighted by atomic mass is 10.1. The molecule has 2 aliphatic heterocycles. The van der Waals surface area contributed by atoms with E-state index < -0.39 is 24.3 Å². The van der Waals surface area contributed by atoms with Crippen molar-refractivity contribution < 1.29 is 55.3 Å². The van der Waals surface area contributed by atoms with Crippen molar-refractivity contribution in [1.82, 2.24) is 19.6 Å². The highest BCUT2D eigenvalue weighted by atomic mass is 19.4. The molecule has 2 fully saturated rings. The van der Waals surface area contributed by atoms with E-state index in [1.54, 1.807) is 6.07 Å². The average molecular weight is 558 g/mol. The van der Waals surface area contributed by atoms with Crippen LogP contribution in [0, 0.1) is 5.82 Å². The van der Waals surface area contributed by atoms with Crippen LogP contribution in [0.5, 0.6) is 5.75 Å². The number of alkyl halides is 6. The number of aliphatic carboxylic acids is 2. The summed E-state index contributed by atoms with van der Waals surface area (Å²) in [6.07, 6.45) is -5.00. The van der Waals surface area contributed by atoms with E-state index in [9.17, 15) is 30.7 Å². The molecule has 0 saturated carbocycles. The Labute approximate surface area is 212 Å². The number of benzene rings is 1. The van der Waals surface area contributed by atoms with Gasteiger partial charge in [0.2, 0.25) is 0 Å². The minimum Gasteiger partial charge on any atom is -0.489 e. The summed E-state index contributed by atoms with van der Waals surface area (Å²) >= 11 is 0. The molecule has 2 aromatic rings. The highest BCUT2D eigenvalue weighted by Crippen LogP contribution is 2.26. The summed E-state index contributed by atoms with van der Waals surface area (Å²) in [4.78, 5) is 22.8. The third-order valence-corrected chi connectivity index (χ3v) is 5.41. The highest BCUT2D eigenvalue weighted by molar-refractivity contribution is 5.73. The smallest absolute Gasteiger partial charge is 0.489 e. The molecular weight excluding hydrogens is 533 g/mol. The van der Waals surface area contributed by atoms with Gasteiger partial charge >= 0.3 is 24.3 Å². The number of carboxylic acids is 2. The molecule has 0 bridgehead atoms. The molecule has 0 amide bonds. The summed E-state index contributed by atoms with van der Waals surface area (Å²) < 4.78 is 84.6. The summed E-state index contributed by atoms with van der Waals surface area (Å²) in [5.41, 5.74) is 1.26. The van der Waals surface area contributed by atoms with Crippen molar-refractivity contribution in [1.29, 1.82) is 0 Å². The topological polar surface area (TPSA) is 108 Å². The normalized spacial score (nSPS) is 19.9. The zero-order valence-corrected chi connectivity index (χ0v) is 19.9. The van der Waals surface area contributed by atoms with Crippen molar-refractivity contribution in [2.75, 3.05) is 26.2 Å². The van der Waals surface area contributed by atoms with Crippen LogP contribution in [0.1, 0.15) is 12.0 Å². The lowest BCUT2D eigenvalue weighted by Gasteiger charge is -2.36. The quantitative estimate of drug-likeness (QED) is 0.552. The molecule has 38 heavy (non-hydrogen) atoms. The molecule has 212 valence electrons. The van der Waals surface area contributed by atoms with Crippen LogP contribution in [-0.2, 0) is 23.2 Å². The van der Waals surface area contributed by atoms with E-state index in [2.05, 4.69) is 21.1 Å². The summed E-state index contributed by atoms with van der Waals surface area (Å²) in [5.74, 6) is -5.13. The summed E-state index contributed by atoms with van der Waals surface area (Å²) in [6, 6.07) is 6.96. The van der Waals surface area contributed by atoms with Gasteiger partial charge in [-0.25, -0.2) is 14.0 Å². The van der Waals surface area contributed by atoms with Crippen molar-refractivity contribution in [3.8, 4) is 5.75 Å². The zero-order chi connectivity index (χ0) is 28.7. The number of hydrogen-bond acceptors (Lipinski definition) is 6. The lowest BCUT2D eigenvalue weighted by molar-refractivity contribution is -0.193. The van der Waals surface area contributed by atoms with Crippen LogP contribution < -0.4 is 4.74 Å². The van der Waals surface area contributed by atoms with Gasteiger partial charge in [0.25, 0.3) is 0 Å². The SMILES string of the molecule is Cn1cc(CN2CCN3CC(Oc4cccc(F)c4)CC3C2)cn1.O=C(O)C(F)(F)F.O=C(O)C(F)(F)F. The minimum absolute atomic E-state index is 0.148. The molecule has 1 aromatic carbocycles. The van der Waals surface area contributed by atoms with Crippen LogP contribution in [0.3, 0.4) is 0 Å². The summed E-state index contributed by atoms with van der Waals surface area (Å²) in [5, 5.41) is 18.5. The Morgan fingerprint density at radius 2 is 1.66 bits per heavy atom. The number of aryl methyl sites for hydroxylation is 1. The zero-order valence-electron chi connectivity index (χ0n) is 19.9. The third kappa shape index (κ3) is 10.2. The minimum atomic E-state index is -5.08. The van der Waals surface area contributed by atoms with Gasteiger partial charge < -0.3 is 14.9 Å². The van der Waals surface area contributed by atoms with Crippen molar-refractivity contribution in [3.05, 3.63) is 48.0 Å². The molecule has 9 nitrogen and oxygen atoms in total. The highest BCUT2D eigenvalue weighted by Gasteiger charge is 2.39. The fourth-order valence-corrected chi connectivity index (χ4v) is 3.83. The first-order valence-corrected chi connectivity index (χ1v) is 11.0. The van der Waals surface area contributed by atoms with E-state index in [0.717, 1.165) is 39.1 Å². The lowest BCUT2D eigenvalue weighted by Crippen LogP contribution is -2.49. The number of hydrogen-bond donors (Lipinski definition) is 2. The van der Waals surface area contributed by atoms with Crippen LogP contribution in [0.15, 0.2) is 36.7 Å². The second-order valence-corrected chi connectivity index (χ2v) is 8.44. The van der Waals surface area contributed by atoms with Gasteiger partial charge in [-0.1, -0.05) is 6.07 Å². The number of rotatable bonds is 4. The predicted octanol–water partition coefficient (Wildman–Crippen LogP) is 3.16. The van der Waals surface area contributed by atoms with Gasteiger partial charge in [-0.15, -0.1) is 0 Å². The Hall–Kier alpha value is -3.40. The maximum atomic E-state index is 13.3. The van der Waals surface area contributed by atoms with Crippen molar-refractivity contribution in [2.24, 2.45) is 7.05 Å². The van der Waals surface area contributed by atoms with Crippen LogP contribution in [0.2, 0.25) is 0 Å². The molecule has 2 atom stereocenters. The van der Waals surface area contributed by atoms with E-state index in [1.165, 1.54) is 17.7 Å². The van der Waals surface area contributed by atoms with Gasteiger partial charge in [0, 0.05) is 70.1 Å². The number of carboxylic acid groups (broad SMARTS) is 2.